The fraction of sp³-hybridized carbons (Fsp3) is 0.273. The number of nitro groups is 1. The van der Waals surface area contributed by atoms with Crippen molar-refractivity contribution in [1.29, 1.82) is 0 Å². The lowest BCUT2D eigenvalue weighted by Gasteiger charge is -2.10. The number of carbonyl (C=O) groups is 2. The second kappa shape index (κ2) is 5.58. The van der Waals surface area contributed by atoms with Crippen molar-refractivity contribution in [2.75, 3.05) is 5.75 Å². The van der Waals surface area contributed by atoms with Gasteiger partial charge in [-0.2, -0.15) is 0 Å². The van der Waals surface area contributed by atoms with Gasteiger partial charge in [0.15, 0.2) is 0 Å². The van der Waals surface area contributed by atoms with E-state index in [0.29, 0.717) is 12.2 Å². The number of rotatable bonds is 3. The van der Waals surface area contributed by atoms with Gasteiger partial charge in [0.25, 0.3) is 11.6 Å². The number of amides is 1. The fourth-order valence-corrected chi connectivity index (χ4v) is 2.81. The molecule has 1 saturated heterocycles. The molecule has 0 bridgehead atoms. The topological polar surface area (TPSA) is 89.3 Å². The van der Waals surface area contributed by atoms with Crippen molar-refractivity contribution >= 4 is 40.1 Å². The van der Waals surface area contributed by atoms with Crippen molar-refractivity contribution in [1.82, 2.24) is 5.32 Å². The molecule has 0 radical (unpaired) electrons. The maximum absolute atomic E-state index is 12.0. The van der Waals surface area contributed by atoms with Crippen LogP contribution in [-0.2, 0) is 4.79 Å². The summed E-state index contributed by atoms with van der Waals surface area (Å²) in [5, 5.41) is 13.4. The molecule has 1 amide bonds. The second-order valence-corrected chi connectivity index (χ2v) is 5.44. The first-order valence-electron chi connectivity index (χ1n) is 5.40. The molecule has 0 aliphatic carbocycles. The minimum atomic E-state index is -0.675. The molecule has 1 aliphatic heterocycles. The summed E-state index contributed by atoms with van der Waals surface area (Å²) < 4.78 is 0. The van der Waals surface area contributed by atoms with Crippen LogP contribution in [0.1, 0.15) is 16.8 Å². The zero-order chi connectivity index (χ0) is 14.0. The third-order valence-electron chi connectivity index (χ3n) is 2.64. The zero-order valence-electron chi connectivity index (χ0n) is 9.59. The van der Waals surface area contributed by atoms with Crippen LogP contribution >= 0.6 is 23.4 Å². The van der Waals surface area contributed by atoms with E-state index in [-0.39, 0.29) is 21.4 Å². The van der Waals surface area contributed by atoms with E-state index in [2.05, 4.69) is 5.32 Å². The number of nitro benzene ring substituents is 1. The van der Waals surface area contributed by atoms with Gasteiger partial charge >= 0.3 is 0 Å². The number of carbonyl (C=O) groups excluding carboxylic acids is 2. The van der Waals surface area contributed by atoms with Gasteiger partial charge in [0.2, 0.25) is 5.12 Å². The number of halogens is 1. The molecule has 100 valence electrons. The number of hydrogen-bond donors (Lipinski definition) is 1. The van der Waals surface area contributed by atoms with E-state index in [1.807, 2.05) is 0 Å². The molecule has 0 saturated carbocycles. The second-order valence-electron chi connectivity index (χ2n) is 3.90. The van der Waals surface area contributed by atoms with Crippen molar-refractivity contribution in [2.45, 2.75) is 12.5 Å². The average molecular weight is 301 g/mol. The lowest BCUT2D eigenvalue weighted by Crippen LogP contribution is -2.37. The molecule has 1 heterocycles. The Labute approximate surface area is 117 Å². The van der Waals surface area contributed by atoms with E-state index in [1.54, 1.807) is 0 Å². The molecule has 0 spiro atoms. The molecular formula is C11H9ClN2O4S. The largest absolute Gasteiger partial charge is 0.341 e. The Morgan fingerprint density at radius 2 is 2.26 bits per heavy atom. The summed E-state index contributed by atoms with van der Waals surface area (Å²) in [6, 6.07) is 3.21. The maximum atomic E-state index is 12.0. The van der Waals surface area contributed by atoms with E-state index in [9.17, 15) is 19.7 Å². The van der Waals surface area contributed by atoms with Crippen molar-refractivity contribution in [2.24, 2.45) is 0 Å². The van der Waals surface area contributed by atoms with Crippen LogP contribution in [0.3, 0.4) is 0 Å². The highest BCUT2D eigenvalue weighted by Crippen LogP contribution is 2.24. The predicted octanol–water partition coefficient (Wildman–Crippen LogP) is 2.01. The number of benzene rings is 1. The molecule has 1 fully saturated rings. The maximum Gasteiger partial charge on any atom is 0.283 e. The number of thioether (sulfide) groups is 1. The smallest absolute Gasteiger partial charge is 0.283 e. The van der Waals surface area contributed by atoms with E-state index in [1.165, 1.54) is 12.1 Å². The van der Waals surface area contributed by atoms with Gasteiger partial charge < -0.3 is 5.32 Å². The SMILES string of the molecule is O=C(NC1CCSC1=O)c1ccc(Cl)cc1[N+](=O)[O-]. The van der Waals surface area contributed by atoms with Crippen LogP contribution in [0, 0.1) is 10.1 Å². The fourth-order valence-electron chi connectivity index (χ4n) is 1.71. The summed E-state index contributed by atoms with van der Waals surface area (Å²) in [5.74, 6) is 0.0103. The molecule has 19 heavy (non-hydrogen) atoms. The normalized spacial score (nSPS) is 18.4. The van der Waals surface area contributed by atoms with Gasteiger partial charge in [-0.05, 0) is 18.6 Å². The van der Waals surface area contributed by atoms with Crippen molar-refractivity contribution in [3.05, 3.63) is 38.9 Å². The van der Waals surface area contributed by atoms with Crippen molar-refractivity contribution in [3.63, 3.8) is 0 Å². The lowest BCUT2D eigenvalue weighted by molar-refractivity contribution is -0.385. The summed E-state index contributed by atoms with van der Waals surface area (Å²) in [7, 11) is 0. The molecule has 1 unspecified atom stereocenters. The van der Waals surface area contributed by atoms with Crippen LogP contribution in [-0.4, -0.2) is 27.7 Å². The highest BCUT2D eigenvalue weighted by Gasteiger charge is 2.29. The molecule has 2 rings (SSSR count). The molecule has 6 nitrogen and oxygen atoms in total. The molecule has 1 aliphatic rings. The van der Waals surface area contributed by atoms with Gasteiger partial charge in [-0.1, -0.05) is 23.4 Å². The Kier molecular flexibility index (Phi) is 4.06. The van der Waals surface area contributed by atoms with Gasteiger partial charge in [-0.3, -0.25) is 19.7 Å². The minimum absolute atomic E-state index is 0.0981. The zero-order valence-corrected chi connectivity index (χ0v) is 11.2. The van der Waals surface area contributed by atoms with E-state index >= 15 is 0 Å². The Balaban J connectivity index is 2.23. The molecule has 1 atom stereocenters. The third kappa shape index (κ3) is 3.05. The quantitative estimate of drug-likeness (QED) is 0.681. The van der Waals surface area contributed by atoms with Crippen LogP contribution in [0.25, 0.3) is 0 Å². The molecule has 1 aromatic carbocycles. The van der Waals surface area contributed by atoms with Crippen LogP contribution in [0.2, 0.25) is 5.02 Å². The van der Waals surface area contributed by atoms with Gasteiger partial charge in [-0.25, -0.2) is 0 Å². The standard InChI is InChI=1S/C11H9ClN2O4S/c12-6-1-2-7(9(5-6)14(17)18)10(15)13-8-3-4-19-11(8)16/h1-2,5,8H,3-4H2,(H,13,15). The first kappa shape index (κ1) is 13.8. The average Bonchev–Trinajstić information content (AvgIpc) is 2.74. The van der Waals surface area contributed by atoms with Crippen LogP contribution in [0.5, 0.6) is 0 Å². The molecule has 1 N–H and O–H groups in total. The molecule has 8 heteroatoms. The molecule has 1 aromatic rings. The van der Waals surface area contributed by atoms with Crippen LogP contribution < -0.4 is 5.32 Å². The monoisotopic (exact) mass is 300 g/mol. The van der Waals surface area contributed by atoms with Gasteiger partial charge in [0, 0.05) is 16.8 Å². The molecular weight excluding hydrogens is 292 g/mol. The number of hydrogen-bond acceptors (Lipinski definition) is 5. The summed E-state index contributed by atoms with van der Waals surface area (Å²) in [5.41, 5.74) is -0.470. The van der Waals surface area contributed by atoms with Gasteiger partial charge in [0.1, 0.15) is 5.56 Å². The summed E-state index contributed by atoms with van der Waals surface area (Å²) in [4.78, 5) is 33.6. The molecule has 0 aromatic heterocycles. The lowest BCUT2D eigenvalue weighted by atomic mass is 10.1. The minimum Gasteiger partial charge on any atom is -0.341 e. The van der Waals surface area contributed by atoms with E-state index in [4.69, 9.17) is 11.6 Å². The van der Waals surface area contributed by atoms with E-state index < -0.39 is 16.9 Å². The Morgan fingerprint density at radius 3 is 2.84 bits per heavy atom. The number of nitrogens with one attached hydrogen (secondary N) is 1. The van der Waals surface area contributed by atoms with E-state index in [0.717, 1.165) is 17.8 Å². The Morgan fingerprint density at radius 1 is 1.53 bits per heavy atom. The Bertz CT molecular complexity index is 564. The van der Waals surface area contributed by atoms with Crippen molar-refractivity contribution in [3.8, 4) is 0 Å². The predicted molar refractivity (Wildman–Crippen MR) is 71.4 cm³/mol. The summed E-state index contributed by atoms with van der Waals surface area (Å²) in [6.07, 6.45) is 0.538. The Hall–Kier alpha value is -1.60. The summed E-state index contributed by atoms with van der Waals surface area (Å²) >= 11 is 6.81. The first-order chi connectivity index (χ1) is 8.99. The number of nitrogens with zero attached hydrogens (tertiary/aromatic N) is 1. The highest BCUT2D eigenvalue weighted by molar-refractivity contribution is 8.14. The van der Waals surface area contributed by atoms with Crippen molar-refractivity contribution < 1.29 is 14.5 Å². The summed E-state index contributed by atoms with van der Waals surface area (Å²) in [6.45, 7) is 0. The third-order valence-corrected chi connectivity index (χ3v) is 3.89. The van der Waals surface area contributed by atoms with Crippen LogP contribution in [0.15, 0.2) is 18.2 Å². The van der Waals surface area contributed by atoms with Crippen LogP contribution in [0.4, 0.5) is 5.69 Å². The first-order valence-corrected chi connectivity index (χ1v) is 6.77. The highest BCUT2D eigenvalue weighted by atomic mass is 35.5. The van der Waals surface area contributed by atoms with Gasteiger partial charge in [0.05, 0.1) is 11.0 Å². The van der Waals surface area contributed by atoms with Gasteiger partial charge in [-0.15, -0.1) is 0 Å².